The minimum Gasteiger partial charge on any atom is -0.348 e. The van der Waals surface area contributed by atoms with Crippen molar-refractivity contribution in [1.82, 2.24) is 10.3 Å². The number of hydrogen-bond donors (Lipinski definition) is 2. The molecule has 3 unspecified atom stereocenters. The molecule has 3 aliphatic rings. The van der Waals surface area contributed by atoms with Gasteiger partial charge in [-0.1, -0.05) is 42.5 Å². The van der Waals surface area contributed by atoms with E-state index in [1.54, 1.807) is 18.2 Å². The Bertz CT molecular complexity index is 1500. The summed E-state index contributed by atoms with van der Waals surface area (Å²) in [5.41, 5.74) is 3.85. The quantitative estimate of drug-likeness (QED) is 0.402. The van der Waals surface area contributed by atoms with Crippen molar-refractivity contribution in [3.05, 3.63) is 82.5 Å². The van der Waals surface area contributed by atoms with Crippen LogP contribution < -0.4 is 10.6 Å². The van der Waals surface area contributed by atoms with Gasteiger partial charge in [0.05, 0.1) is 23.1 Å². The molecule has 3 atom stereocenters. The van der Waals surface area contributed by atoms with Crippen LogP contribution in [0.15, 0.2) is 60.0 Å². The topological polar surface area (TPSA) is 71.1 Å². The number of aryl methyl sites for hydroxylation is 1. The van der Waals surface area contributed by atoms with E-state index in [-0.39, 0.29) is 29.6 Å². The molecule has 3 aromatic carbocycles. The van der Waals surface area contributed by atoms with Gasteiger partial charge in [0.25, 0.3) is 0 Å². The Morgan fingerprint density at radius 2 is 1.94 bits per heavy atom. The van der Waals surface area contributed by atoms with Crippen LogP contribution >= 0.6 is 11.3 Å². The lowest BCUT2D eigenvalue weighted by atomic mass is 9.60. The number of anilines is 1. The molecule has 3 heterocycles. The molecular weight excluding hydrogens is 449 g/mol. The maximum absolute atomic E-state index is 14.2. The van der Waals surface area contributed by atoms with E-state index in [2.05, 4.69) is 15.6 Å². The molecule has 0 spiro atoms. The highest BCUT2D eigenvalue weighted by Crippen LogP contribution is 2.54. The van der Waals surface area contributed by atoms with Crippen molar-refractivity contribution in [1.29, 1.82) is 0 Å². The van der Waals surface area contributed by atoms with Crippen molar-refractivity contribution in [2.75, 3.05) is 5.32 Å². The highest BCUT2D eigenvalue weighted by atomic mass is 32.1. The van der Waals surface area contributed by atoms with Crippen LogP contribution in [0.3, 0.4) is 0 Å². The molecule has 2 N–H and O–H groups in total. The molecular formula is C27H22FN3O2S. The first-order chi connectivity index (χ1) is 16.4. The predicted octanol–water partition coefficient (Wildman–Crippen LogP) is 5.71. The van der Waals surface area contributed by atoms with Gasteiger partial charge < -0.3 is 10.6 Å². The predicted molar refractivity (Wildman–Crippen MR) is 131 cm³/mol. The number of nitrogens with one attached hydrogen (secondary N) is 2. The van der Waals surface area contributed by atoms with E-state index in [1.165, 1.54) is 17.4 Å². The summed E-state index contributed by atoms with van der Waals surface area (Å²) in [6.07, 6.45) is 0.451. The summed E-state index contributed by atoms with van der Waals surface area (Å²) in [6.45, 7) is 3.93. The summed E-state index contributed by atoms with van der Waals surface area (Å²) in [5, 5.41) is 9.73. The van der Waals surface area contributed by atoms with E-state index in [9.17, 15) is 14.0 Å². The Labute approximate surface area is 200 Å². The maximum Gasteiger partial charge on any atom is 0.234 e. The number of carbonyl (C=O) groups excluding carboxylic acids is 2. The molecule has 170 valence electrons. The van der Waals surface area contributed by atoms with Gasteiger partial charge in [0.15, 0.2) is 5.13 Å². The van der Waals surface area contributed by atoms with Gasteiger partial charge in [0.2, 0.25) is 11.8 Å². The zero-order chi connectivity index (χ0) is 23.6. The Hall–Kier alpha value is -3.58. The van der Waals surface area contributed by atoms with Crippen LogP contribution in [-0.4, -0.2) is 16.8 Å². The van der Waals surface area contributed by atoms with Crippen LogP contribution in [0.25, 0.3) is 22.0 Å². The third-order valence-corrected chi connectivity index (χ3v) is 8.04. The van der Waals surface area contributed by atoms with Crippen molar-refractivity contribution in [3.8, 4) is 11.3 Å². The lowest BCUT2D eigenvalue weighted by Crippen LogP contribution is -2.57. The molecule has 5 nitrogen and oxygen atoms in total. The van der Waals surface area contributed by atoms with Crippen LogP contribution in [0, 0.1) is 18.2 Å². The molecule has 1 aromatic heterocycles. The molecule has 1 aliphatic carbocycles. The normalized spacial score (nSPS) is 23.0. The number of amides is 2. The Kier molecular flexibility index (Phi) is 4.61. The number of rotatable bonds is 3. The number of carbonyl (C=O) groups is 2. The molecule has 0 radical (unpaired) electrons. The smallest absolute Gasteiger partial charge is 0.234 e. The van der Waals surface area contributed by atoms with Crippen molar-refractivity contribution < 1.29 is 14.0 Å². The van der Waals surface area contributed by atoms with Gasteiger partial charge in [-0.25, -0.2) is 9.37 Å². The van der Waals surface area contributed by atoms with Crippen LogP contribution in [-0.2, 0) is 9.59 Å². The molecule has 4 aromatic rings. The number of aromatic nitrogens is 1. The number of fused-ring (bicyclic) bond motifs is 3. The van der Waals surface area contributed by atoms with Gasteiger partial charge in [-0.3, -0.25) is 9.59 Å². The second kappa shape index (κ2) is 7.46. The lowest BCUT2D eigenvalue weighted by Gasteiger charge is -2.49. The van der Waals surface area contributed by atoms with Gasteiger partial charge >= 0.3 is 0 Å². The van der Waals surface area contributed by atoms with Crippen molar-refractivity contribution in [3.63, 3.8) is 0 Å². The van der Waals surface area contributed by atoms with E-state index in [4.69, 9.17) is 0 Å². The van der Waals surface area contributed by atoms with E-state index in [1.807, 2.05) is 49.6 Å². The zero-order valence-electron chi connectivity index (χ0n) is 18.7. The minimum absolute atomic E-state index is 0.0203. The van der Waals surface area contributed by atoms with Crippen LogP contribution in [0.1, 0.15) is 42.0 Å². The van der Waals surface area contributed by atoms with Crippen LogP contribution in [0.5, 0.6) is 0 Å². The third kappa shape index (κ3) is 3.00. The number of nitrogens with zero attached hydrogens (tertiary/aromatic N) is 1. The fourth-order valence-corrected chi connectivity index (χ4v) is 6.19. The second-order valence-corrected chi connectivity index (χ2v) is 10.2. The van der Waals surface area contributed by atoms with Gasteiger partial charge in [0, 0.05) is 16.3 Å². The summed E-state index contributed by atoms with van der Waals surface area (Å²) in [6, 6.07) is 16.0. The number of thiazole rings is 1. The number of hydrogen-bond acceptors (Lipinski definition) is 4. The molecule has 1 saturated heterocycles. The summed E-state index contributed by atoms with van der Waals surface area (Å²) < 4.78 is 14.2. The zero-order valence-corrected chi connectivity index (χ0v) is 19.5. The van der Waals surface area contributed by atoms with Crippen molar-refractivity contribution in [2.45, 2.75) is 32.2 Å². The van der Waals surface area contributed by atoms with E-state index >= 15 is 0 Å². The molecule has 7 rings (SSSR count). The fourth-order valence-electron chi connectivity index (χ4n) is 5.48. The van der Waals surface area contributed by atoms with Crippen molar-refractivity contribution in [2.24, 2.45) is 5.41 Å². The first-order valence-corrected chi connectivity index (χ1v) is 12.1. The molecule has 34 heavy (non-hydrogen) atoms. The Morgan fingerprint density at radius 1 is 1.15 bits per heavy atom. The van der Waals surface area contributed by atoms with E-state index in [0.717, 1.165) is 27.6 Å². The Balaban J connectivity index is 1.32. The first kappa shape index (κ1) is 21.0. The summed E-state index contributed by atoms with van der Waals surface area (Å²) in [5.74, 6) is -0.802. The van der Waals surface area contributed by atoms with E-state index in [0.29, 0.717) is 22.6 Å². The maximum atomic E-state index is 14.2. The average molecular weight is 472 g/mol. The van der Waals surface area contributed by atoms with Crippen LogP contribution in [0.4, 0.5) is 9.52 Å². The summed E-state index contributed by atoms with van der Waals surface area (Å²) in [7, 11) is 0. The molecule has 2 amide bonds. The molecule has 1 fully saturated rings. The first-order valence-electron chi connectivity index (χ1n) is 11.2. The number of halogens is 1. The Morgan fingerprint density at radius 3 is 2.76 bits per heavy atom. The summed E-state index contributed by atoms with van der Waals surface area (Å²) in [4.78, 5) is 30.8. The molecule has 2 bridgehead atoms. The molecule has 2 aliphatic heterocycles. The molecule has 7 heteroatoms. The van der Waals surface area contributed by atoms with Crippen molar-refractivity contribution >= 4 is 39.1 Å². The minimum atomic E-state index is -0.800. The number of piperidine rings is 1. The SMILES string of the molecule is Cc1cccc2c1C1NC(=O)C2CC1(C)C(=O)Nc1nc(-c2ccc(F)c3ccccc23)cs1. The highest BCUT2D eigenvalue weighted by molar-refractivity contribution is 7.14. The van der Waals surface area contributed by atoms with Gasteiger partial charge in [-0.2, -0.15) is 0 Å². The second-order valence-electron chi connectivity index (χ2n) is 9.33. The largest absolute Gasteiger partial charge is 0.348 e. The van der Waals surface area contributed by atoms with Crippen LogP contribution in [0.2, 0.25) is 0 Å². The highest BCUT2D eigenvalue weighted by Gasteiger charge is 2.55. The standard InChI is InChI=1S/C27H22FN3O2S/c1-14-6-5-9-18-19-12-27(2,23(22(14)18)30-24(19)32)25(33)31-26-29-21(13-34-26)17-10-11-20(28)16-8-4-3-7-15(16)17/h3-11,13,19,23H,12H2,1-2H3,(H,30,32)(H,29,31,33). The third-order valence-electron chi connectivity index (χ3n) is 7.28. The lowest BCUT2D eigenvalue weighted by molar-refractivity contribution is -0.137. The monoisotopic (exact) mass is 471 g/mol. The molecule has 0 saturated carbocycles. The fraction of sp³-hybridized carbons (Fsp3) is 0.222. The van der Waals surface area contributed by atoms with Gasteiger partial charge in [-0.15, -0.1) is 11.3 Å². The number of benzene rings is 3. The van der Waals surface area contributed by atoms with E-state index < -0.39 is 5.41 Å². The van der Waals surface area contributed by atoms with Gasteiger partial charge in [0.1, 0.15) is 5.82 Å². The summed E-state index contributed by atoms with van der Waals surface area (Å²) >= 11 is 1.33. The van der Waals surface area contributed by atoms with Gasteiger partial charge in [-0.05, 0) is 54.5 Å². The average Bonchev–Trinajstić information content (AvgIpc) is 3.29.